The summed E-state index contributed by atoms with van der Waals surface area (Å²) in [5, 5.41) is 0. The Morgan fingerprint density at radius 1 is 0.838 bits per heavy atom. The second-order valence-corrected chi connectivity index (χ2v) is 10.2. The van der Waals surface area contributed by atoms with Gasteiger partial charge in [0.25, 0.3) is 5.91 Å². The molecule has 1 heterocycles. The highest BCUT2D eigenvalue weighted by Crippen LogP contribution is 2.31. The fourth-order valence-corrected chi connectivity index (χ4v) is 4.79. The molecule has 1 aliphatic heterocycles. The van der Waals surface area contributed by atoms with Gasteiger partial charge in [-0.1, -0.05) is 84.0 Å². The molecule has 0 radical (unpaired) electrons. The summed E-state index contributed by atoms with van der Waals surface area (Å²) in [5.74, 6) is -2.38. The number of carbonyl (C=O) groups is 2. The van der Waals surface area contributed by atoms with E-state index in [0.717, 1.165) is 25.3 Å². The number of likely N-dealkylation sites (tertiary alicyclic amines) is 1. The number of rotatable bonds is 16. The molecule has 37 heavy (non-hydrogen) atoms. The van der Waals surface area contributed by atoms with Gasteiger partial charge in [-0.25, -0.2) is 4.39 Å². The SMILES string of the molecule is CCCCCCCCCCCCCCCOC(=O)C1CCN(C(=O)c2cc(F)cc(C(F)(F)F)c2)CC1. The third kappa shape index (κ3) is 11.9. The van der Waals surface area contributed by atoms with E-state index in [4.69, 9.17) is 4.74 Å². The molecular weight excluding hydrogens is 486 g/mol. The third-order valence-corrected chi connectivity index (χ3v) is 7.08. The lowest BCUT2D eigenvalue weighted by atomic mass is 9.96. The minimum absolute atomic E-state index is 0.217. The van der Waals surface area contributed by atoms with Crippen molar-refractivity contribution in [3.8, 4) is 0 Å². The lowest BCUT2D eigenvalue weighted by Gasteiger charge is -2.31. The summed E-state index contributed by atoms with van der Waals surface area (Å²) in [5.41, 5.74) is -1.53. The Balaban J connectivity index is 1.55. The van der Waals surface area contributed by atoms with Gasteiger partial charge in [-0.3, -0.25) is 9.59 Å². The minimum atomic E-state index is -4.73. The van der Waals surface area contributed by atoms with E-state index in [9.17, 15) is 27.2 Å². The standard InChI is InChI=1S/C29H43F4NO3/c1-2-3-4-5-6-7-8-9-10-11-12-13-14-19-37-28(36)23-15-17-34(18-16-23)27(35)24-20-25(29(31,32)33)22-26(30)21-24/h20-23H,2-19H2,1H3. The molecular formula is C29H43F4NO3. The Morgan fingerprint density at radius 3 is 1.86 bits per heavy atom. The van der Waals surface area contributed by atoms with Crippen LogP contribution in [0.3, 0.4) is 0 Å². The van der Waals surface area contributed by atoms with Crippen LogP contribution >= 0.6 is 0 Å². The zero-order chi connectivity index (χ0) is 27.1. The zero-order valence-electron chi connectivity index (χ0n) is 22.2. The van der Waals surface area contributed by atoms with Crippen LogP contribution in [0.5, 0.6) is 0 Å². The van der Waals surface area contributed by atoms with Crippen LogP contribution < -0.4 is 0 Å². The van der Waals surface area contributed by atoms with Crippen molar-refractivity contribution in [1.29, 1.82) is 0 Å². The first kappa shape index (κ1) is 31.1. The van der Waals surface area contributed by atoms with Crippen LogP contribution in [0.2, 0.25) is 0 Å². The molecule has 4 nitrogen and oxygen atoms in total. The van der Waals surface area contributed by atoms with E-state index < -0.39 is 23.5 Å². The van der Waals surface area contributed by atoms with Crippen LogP contribution in [0, 0.1) is 11.7 Å². The molecule has 1 amide bonds. The second-order valence-electron chi connectivity index (χ2n) is 10.2. The third-order valence-electron chi connectivity index (χ3n) is 7.08. The Kier molecular flexibility index (Phi) is 14.0. The molecule has 0 bridgehead atoms. The molecule has 0 saturated carbocycles. The van der Waals surface area contributed by atoms with Crippen molar-refractivity contribution in [2.24, 2.45) is 5.92 Å². The number of alkyl halides is 3. The maximum absolute atomic E-state index is 13.6. The van der Waals surface area contributed by atoms with Gasteiger partial charge in [-0.15, -0.1) is 0 Å². The normalized spacial score (nSPS) is 14.7. The van der Waals surface area contributed by atoms with Crippen molar-refractivity contribution in [3.63, 3.8) is 0 Å². The van der Waals surface area contributed by atoms with E-state index in [1.54, 1.807) is 0 Å². The Labute approximate surface area is 219 Å². The van der Waals surface area contributed by atoms with Gasteiger partial charge >= 0.3 is 12.1 Å². The predicted octanol–water partition coefficient (Wildman–Crippen LogP) is 8.33. The van der Waals surface area contributed by atoms with Crippen LogP contribution in [0.15, 0.2) is 18.2 Å². The molecule has 0 spiro atoms. The molecule has 1 aromatic rings. The summed E-state index contributed by atoms with van der Waals surface area (Å²) < 4.78 is 57.9. The van der Waals surface area contributed by atoms with E-state index in [0.29, 0.717) is 31.6 Å². The van der Waals surface area contributed by atoms with E-state index in [1.165, 1.54) is 69.1 Å². The summed E-state index contributed by atoms with van der Waals surface area (Å²) in [6.45, 7) is 3.06. The van der Waals surface area contributed by atoms with Crippen molar-refractivity contribution >= 4 is 11.9 Å². The van der Waals surface area contributed by atoms with Gasteiger partial charge < -0.3 is 9.64 Å². The maximum Gasteiger partial charge on any atom is 0.416 e. The van der Waals surface area contributed by atoms with E-state index in [1.807, 2.05) is 0 Å². The number of benzene rings is 1. The van der Waals surface area contributed by atoms with Gasteiger partial charge in [0.1, 0.15) is 5.82 Å². The summed E-state index contributed by atoms with van der Waals surface area (Å²) in [7, 11) is 0. The van der Waals surface area contributed by atoms with Crippen molar-refractivity contribution in [1.82, 2.24) is 4.90 Å². The van der Waals surface area contributed by atoms with Crippen LogP contribution in [-0.4, -0.2) is 36.5 Å². The number of ether oxygens (including phenoxy) is 1. The van der Waals surface area contributed by atoms with Gasteiger partial charge in [-0.2, -0.15) is 13.2 Å². The number of amides is 1. The number of carbonyl (C=O) groups excluding carboxylic acids is 2. The van der Waals surface area contributed by atoms with Crippen LogP contribution in [0.4, 0.5) is 17.6 Å². The molecule has 0 N–H and O–H groups in total. The summed E-state index contributed by atoms with van der Waals surface area (Å²) in [6.07, 6.45) is 12.2. The molecule has 0 aliphatic carbocycles. The first-order valence-corrected chi connectivity index (χ1v) is 14.1. The number of unbranched alkanes of at least 4 members (excludes halogenated alkanes) is 12. The molecule has 2 rings (SSSR count). The average Bonchev–Trinajstić information content (AvgIpc) is 2.87. The topological polar surface area (TPSA) is 46.6 Å². The molecule has 1 aliphatic rings. The van der Waals surface area contributed by atoms with Crippen LogP contribution in [0.1, 0.15) is 119 Å². The zero-order valence-corrected chi connectivity index (χ0v) is 22.2. The number of hydrogen-bond acceptors (Lipinski definition) is 3. The summed E-state index contributed by atoms with van der Waals surface area (Å²) in [4.78, 5) is 26.3. The maximum atomic E-state index is 13.6. The van der Waals surface area contributed by atoms with Gasteiger partial charge in [-0.05, 0) is 37.5 Å². The number of esters is 1. The van der Waals surface area contributed by atoms with E-state index in [2.05, 4.69) is 6.92 Å². The van der Waals surface area contributed by atoms with Gasteiger partial charge in [0.15, 0.2) is 0 Å². The number of nitrogens with zero attached hydrogens (tertiary/aromatic N) is 1. The lowest BCUT2D eigenvalue weighted by molar-refractivity contribution is -0.150. The van der Waals surface area contributed by atoms with Crippen molar-refractivity contribution < 1.29 is 31.9 Å². The largest absolute Gasteiger partial charge is 0.465 e. The molecule has 210 valence electrons. The first-order valence-electron chi connectivity index (χ1n) is 14.1. The number of piperidine rings is 1. The summed E-state index contributed by atoms with van der Waals surface area (Å²) in [6, 6.07) is 1.85. The van der Waals surface area contributed by atoms with E-state index in [-0.39, 0.29) is 30.5 Å². The summed E-state index contributed by atoms with van der Waals surface area (Å²) >= 11 is 0. The van der Waals surface area contributed by atoms with E-state index >= 15 is 0 Å². The van der Waals surface area contributed by atoms with Gasteiger partial charge in [0.2, 0.25) is 0 Å². The Morgan fingerprint density at radius 2 is 1.35 bits per heavy atom. The second kappa shape index (κ2) is 16.7. The molecule has 1 fully saturated rings. The van der Waals surface area contributed by atoms with Crippen molar-refractivity contribution in [2.75, 3.05) is 19.7 Å². The predicted molar refractivity (Wildman–Crippen MR) is 137 cm³/mol. The minimum Gasteiger partial charge on any atom is -0.465 e. The first-order chi connectivity index (χ1) is 17.7. The highest BCUT2D eigenvalue weighted by Gasteiger charge is 2.33. The fraction of sp³-hybridized carbons (Fsp3) is 0.724. The Hall–Kier alpha value is -2.12. The monoisotopic (exact) mass is 529 g/mol. The molecule has 0 atom stereocenters. The molecule has 1 aromatic carbocycles. The molecule has 1 saturated heterocycles. The molecule has 0 aromatic heterocycles. The van der Waals surface area contributed by atoms with Gasteiger partial charge in [0.05, 0.1) is 18.1 Å². The quantitative estimate of drug-likeness (QED) is 0.123. The Bertz CT molecular complexity index is 820. The number of halogens is 4. The smallest absolute Gasteiger partial charge is 0.416 e. The van der Waals surface area contributed by atoms with Crippen molar-refractivity contribution in [3.05, 3.63) is 35.1 Å². The molecule has 0 unspecified atom stereocenters. The van der Waals surface area contributed by atoms with Crippen molar-refractivity contribution in [2.45, 2.75) is 109 Å². The lowest BCUT2D eigenvalue weighted by Crippen LogP contribution is -2.40. The molecule has 8 heteroatoms. The average molecular weight is 530 g/mol. The van der Waals surface area contributed by atoms with Crippen LogP contribution in [0.25, 0.3) is 0 Å². The van der Waals surface area contributed by atoms with Gasteiger partial charge in [0, 0.05) is 18.7 Å². The highest BCUT2D eigenvalue weighted by atomic mass is 19.4. The fourth-order valence-electron chi connectivity index (χ4n) is 4.79. The number of hydrogen-bond donors (Lipinski definition) is 0. The highest BCUT2D eigenvalue weighted by molar-refractivity contribution is 5.94. The van der Waals surface area contributed by atoms with Crippen LogP contribution in [-0.2, 0) is 15.7 Å².